The van der Waals surface area contributed by atoms with Gasteiger partial charge in [0.25, 0.3) is 5.56 Å². The van der Waals surface area contributed by atoms with Crippen molar-refractivity contribution in [2.45, 2.75) is 19.8 Å². The Kier molecular flexibility index (Phi) is 4.91. The van der Waals surface area contributed by atoms with Crippen LogP contribution in [0.4, 0.5) is 16.4 Å². The molecule has 130 valence electrons. The largest absolute Gasteiger partial charge is 0.337 e. The first-order valence-corrected chi connectivity index (χ1v) is 8.80. The van der Waals surface area contributed by atoms with Gasteiger partial charge < -0.3 is 5.32 Å². The monoisotopic (exact) mass is 377 g/mol. The van der Waals surface area contributed by atoms with Gasteiger partial charge in [-0.2, -0.15) is 0 Å². The van der Waals surface area contributed by atoms with E-state index in [9.17, 15) is 9.59 Å². The molecule has 0 saturated carbocycles. The fraction of sp³-hybridized carbons (Fsp3) is 0.188. The van der Waals surface area contributed by atoms with Gasteiger partial charge in [-0.1, -0.05) is 25.4 Å². The van der Waals surface area contributed by atoms with Crippen LogP contribution in [0.25, 0.3) is 10.2 Å². The van der Waals surface area contributed by atoms with Crippen LogP contribution in [0.3, 0.4) is 0 Å². The lowest BCUT2D eigenvalue weighted by molar-refractivity contribution is 0.253. The molecule has 25 heavy (non-hydrogen) atoms. The van der Waals surface area contributed by atoms with E-state index in [0.717, 1.165) is 5.56 Å². The summed E-state index contributed by atoms with van der Waals surface area (Å²) in [5.41, 5.74) is 6.33. The molecular formula is C16H16ClN5O2S. The molecule has 0 saturated heterocycles. The Morgan fingerprint density at radius 1 is 1.28 bits per heavy atom. The van der Waals surface area contributed by atoms with Crippen LogP contribution in [-0.2, 0) is 0 Å². The quantitative estimate of drug-likeness (QED) is 0.518. The number of thiophene rings is 1. The third kappa shape index (κ3) is 3.92. The van der Waals surface area contributed by atoms with Crippen molar-refractivity contribution >= 4 is 50.8 Å². The lowest BCUT2D eigenvalue weighted by Crippen LogP contribution is -2.34. The molecule has 0 aliphatic rings. The number of amides is 2. The van der Waals surface area contributed by atoms with E-state index in [2.05, 4.69) is 26.1 Å². The number of halogens is 1. The molecule has 2 heterocycles. The number of benzene rings is 1. The Morgan fingerprint density at radius 2 is 2.00 bits per heavy atom. The van der Waals surface area contributed by atoms with E-state index in [0.29, 0.717) is 20.9 Å². The number of H-pyrrole nitrogens is 1. The zero-order valence-corrected chi connectivity index (χ0v) is 15.1. The summed E-state index contributed by atoms with van der Waals surface area (Å²) >= 11 is 7.19. The van der Waals surface area contributed by atoms with Crippen LogP contribution in [0.15, 0.2) is 34.4 Å². The second-order valence-electron chi connectivity index (χ2n) is 5.65. The summed E-state index contributed by atoms with van der Waals surface area (Å²) in [4.78, 5) is 31.7. The molecule has 0 radical (unpaired) electrons. The standard InChI is InChI=1S/C16H16ClN5O2S/c1-8(2)11-7-25-14-12(11)13(23)19-15(20-14)21-22-16(24)18-10-5-3-9(17)4-6-10/h3-8H,1-2H3,(H2,18,22,24)(H2,19,20,21,23). The number of hydrazine groups is 1. The minimum absolute atomic E-state index is 0.168. The smallest absolute Gasteiger partial charge is 0.307 e. The van der Waals surface area contributed by atoms with E-state index >= 15 is 0 Å². The summed E-state index contributed by atoms with van der Waals surface area (Å²) in [5, 5.41) is 5.73. The molecule has 0 fully saturated rings. The molecule has 2 amide bonds. The molecule has 2 aromatic heterocycles. The van der Waals surface area contributed by atoms with Gasteiger partial charge in [-0.25, -0.2) is 15.2 Å². The minimum atomic E-state index is -0.501. The SMILES string of the molecule is CC(C)c1csc2nc(NNC(=O)Nc3ccc(Cl)cc3)[nH]c(=O)c12. The third-order valence-electron chi connectivity index (χ3n) is 3.49. The molecule has 0 bridgehead atoms. The van der Waals surface area contributed by atoms with Gasteiger partial charge in [-0.15, -0.1) is 11.3 Å². The average molecular weight is 378 g/mol. The Labute approximate surface area is 152 Å². The zero-order chi connectivity index (χ0) is 18.0. The zero-order valence-electron chi connectivity index (χ0n) is 13.5. The highest BCUT2D eigenvalue weighted by molar-refractivity contribution is 7.16. The van der Waals surface area contributed by atoms with Crippen LogP contribution >= 0.6 is 22.9 Å². The van der Waals surface area contributed by atoms with Crippen LogP contribution in [0.5, 0.6) is 0 Å². The number of nitrogens with one attached hydrogen (secondary N) is 4. The fourth-order valence-corrected chi connectivity index (χ4v) is 3.49. The fourth-order valence-electron chi connectivity index (χ4n) is 2.27. The Morgan fingerprint density at radius 3 is 2.68 bits per heavy atom. The van der Waals surface area contributed by atoms with Crippen molar-refractivity contribution in [1.82, 2.24) is 15.4 Å². The number of aromatic amines is 1. The van der Waals surface area contributed by atoms with E-state index in [1.165, 1.54) is 11.3 Å². The first-order chi connectivity index (χ1) is 11.9. The lowest BCUT2D eigenvalue weighted by Gasteiger charge is -2.09. The highest BCUT2D eigenvalue weighted by Gasteiger charge is 2.13. The highest BCUT2D eigenvalue weighted by atomic mass is 35.5. The number of urea groups is 1. The molecule has 4 N–H and O–H groups in total. The van der Waals surface area contributed by atoms with Crippen LogP contribution < -0.4 is 21.7 Å². The minimum Gasteiger partial charge on any atom is -0.307 e. The maximum atomic E-state index is 12.3. The Bertz CT molecular complexity index is 965. The lowest BCUT2D eigenvalue weighted by atomic mass is 10.0. The first-order valence-electron chi connectivity index (χ1n) is 7.54. The number of hydrogen-bond donors (Lipinski definition) is 4. The third-order valence-corrected chi connectivity index (χ3v) is 4.63. The molecule has 0 unspecified atom stereocenters. The predicted octanol–water partition coefficient (Wildman–Crippen LogP) is 3.91. The van der Waals surface area contributed by atoms with Crippen molar-refractivity contribution in [3.05, 3.63) is 50.6 Å². The summed E-state index contributed by atoms with van der Waals surface area (Å²) in [6, 6.07) is 6.18. The van der Waals surface area contributed by atoms with Crippen molar-refractivity contribution < 1.29 is 4.79 Å². The van der Waals surface area contributed by atoms with Gasteiger partial charge in [0, 0.05) is 10.7 Å². The number of carbonyl (C=O) groups is 1. The van der Waals surface area contributed by atoms with Crippen molar-refractivity contribution in [3.8, 4) is 0 Å². The Balaban J connectivity index is 1.70. The van der Waals surface area contributed by atoms with Gasteiger partial charge in [0.1, 0.15) is 4.83 Å². The van der Waals surface area contributed by atoms with Crippen molar-refractivity contribution in [3.63, 3.8) is 0 Å². The van der Waals surface area contributed by atoms with Crippen molar-refractivity contribution in [2.24, 2.45) is 0 Å². The number of hydrogen-bond acceptors (Lipinski definition) is 5. The van der Waals surface area contributed by atoms with E-state index in [1.807, 2.05) is 19.2 Å². The number of aromatic nitrogens is 2. The number of rotatable bonds is 4. The van der Waals surface area contributed by atoms with Gasteiger partial charge >= 0.3 is 6.03 Å². The molecule has 3 rings (SSSR count). The Hall–Kier alpha value is -2.58. The van der Waals surface area contributed by atoms with Crippen LogP contribution in [0.1, 0.15) is 25.3 Å². The van der Waals surface area contributed by atoms with E-state index in [1.54, 1.807) is 24.3 Å². The first kappa shape index (κ1) is 17.2. The normalized spacial score (nSPS) is 10.9. The summed E-state index contributed by atoms with van der Waals surface area (Å²) in [5.74, 6) is 0.402. The molecule has 1 aromatic carbocycles. The van der Waals surface area contributed by atoms with Crippen LogP contribution in [-0.4, -0.2) is 16.0 Å². The molecule has 0 atom stereocenters. The molecule has 0 aliphatic heterocycles. The summed E-state index contributed by atoms with van der Waals surface area (Å²) < 4.78 is 0. The topological polar surface area (TPSA) is 98.9 Å². The number of carbonyl (C=O) groups excluding carboxylic acids is 1. The average Bonchev–Trinajstić information content (AvgIpc) is 3.00. The van der Waals surface area contributed by atoms with Crippen molar-refractivity contribution in [2.75, 3.05) is 10.7 Å². The van der Waals surface area contributed by atoms with Gasteiger partial charge in [0.05, 0.1) is 5.39 Å². The van der Waals surface area contributed by atoms with Crippen LogP contribution in [0.2, 0.25) is 5.02 Å². The summed E-state index contributed by atoms with van der Waals surface area (Å²) in [7, 11) is 0. The highest BCUT2D eigenvalue weighted by Crippen LogP contribution is 2.27. The number of nitrogens with zero attached hydrogens (tertiary/aromatic N) is 1. The van der Waals surface area contributed by atoms with Gasteiger partial charge in [-0.3, -0.25) is 15.2 Å². The number of anilines is 2. The second kappa shape index (κ2) is 7.12. The van der Waals surface area contributed by atoms with E-state index < -0.39 is 6.03 Å². The molecular weight excluding hydrogens is 362 g/mol. The molecule has 0 aliphatic carbocycles. The van der Waals surface area contributed by atoms with Gasteiger partial charge in [0.15, 0.2) is 0 Å². The molecule has 0 spiro atoms. The van der Waals surface area contributed by atoms with E-state index in [-0.39, 0.29) is 17.4 Å². The number of fused-ring (bicyclic) bond motifs is 1. The summed E-state index contributed by atoms with van der Waals surface area (Å²) in [6.45, 7) is 4.05. The summed E-state index contributed by atoms with van der Waals surface area (Å²) in [6.07, 6.45) is 0. The maximum Gasteiger partial charge on any atom is 0.337 e. The maximum absolute atomic E-state index is 12.3. The molecule has 3 aromatic rings. The second-order valence-corrected chi connectivity index (χ2v) is 6.95. The molecule has 9 heteroatoms. The van der Waals surface area contributed by atoms with Crippen LogP contribution in [0, 0.1) is 0 Å². The van der Waals surface area contributed by atoms with E-state index in [4.69, 9.17) is 11.6 Å². The van der Waals surface area contributed by atoms with Gasteiger partial charge in [0.2, 0.25) is 5.95 Å². The van der Waals surface area contributed by atoms with Crippen molar-refractivity contribution in [1.29, 1.82) is 0 Å². The van der Waals surface area contributed by atoms with Gasteiger partial charge in [-0.05, 0) is 41.1 Å². The molecule has 7 nitrogen and oxygen atoms in total. The predicted molar refractivity (Wildman–Crippen MR) is 102 cm³/mol.